The minimum atomic E-state index is -0.227. The van der Waals surface area contributed by atoms with Crippen LogP contribution in [0.3, 0.4) is 0 Å². The van der Waals surface area contributed by atoms with Gasteiger partial charge in [-0.2, -0.15) is 0 Å². The standard InChI is InChI=1S/C46H37NOS2.C7H14/c1-5-7-14-31(6-2)32-23-25-33(26-24-32)34-27-29-35(30-28-34)47(39-18-13-22-43-45(39)50-42-21-11-10-20-41(42)49-43)38-17-12-16-37-44(38)48-40-19-9-8-15-36(40)46(37,3)4;1-4-5-6-7(2)3/h5-30H,2H2,1,3-4H3;4-5,7H,6H2,1-3H3/b7-5-,31-14+;5-4-. The summed E-state index contributed by atoms with van der Waals surface area (Å²) in [4.78, 5) is 7.45. The number of allylic oxidation sites excluding steroid dienone is 7. The molecule has 0 fully saturated rings. The van der Waals surface area contributed by atoms with E-state index in [4.69, 9.17) is 4.74 Å². The molecule has 8 rings (SSSR count). The lowest BCUT2D eigenvalue weighted by Gasteiger charge is -2.38. The van der Waals surface area contributed by atoms with Gasteiger partial charge in [-0.3, -0.25) is 0 Å². The molecule has 0 atom stereocenters. The van der Waals surface area contributed by atoms with Crippen LogP contribution in [0.5, 0.6) is 11.5 Å². The second-order valence-electron chi connectivity index (χ2n) is 15.1. The average molecular weight is 782 g/mol. The number of para-hydroxylation sites is 2. The Balaban J connectivity index is 0.000000651. The molecule has 2 aliphatic heterocycles. The van der Waals surface area contributed by atoms with Crippen molar-refractivity contribution < 1.29 is 4.74 Å². The van der Waals surface area contributed by atoms with E-state index in [9.17, 15) is 0 Å². The molecule has 0 unspecified atom stereocenters. The van der Waals surface area contributed by atoms with Gasteiger partial charge in [0, 0.05) is 36.9 Å². The Hall–Kier alpha value is -5.42. The molecule has 0 bridgehead atoms. The van der Waals surface area contributed by atoms with Crippen LogP contribution in [0.2, 0.25) is 0 Å². The Morgan fingerprint density at radius 3 is 1.96 bits per heavy atom. The van der Waals surface area contributed by atoms with Gasteiger partial charge in [0.15, 0.2) is 5.75 Å². The van der Waals surface area contributed by atoms with Crippen molar-refractivity contribution in [2.45, 2.75) is 73.0 Å². The maximum Gasteiger partial charge on any atom is 0.155 e. The Morgan fingerprint density at radius 2 is 1.30 bits per heavy atom. The molecule has 2 heterocycles. The monoisotopic (exact) mass is 781 g/mol. The van der Waals surface area contributed by atoms with Crippen molar-refractivity contribution in [3.8, 4) is 22.6 Å². The van der Waals surface area contributed by atoms with Crippen LogP contribution in [-0.4, -0.2) is 0 Å². The Kier molecular flexibility index (Phi) is 12.4. The van der Waals surface area contributed by atoms with E-state index in [-0.39, 0.29) is 5.41 Å². The number of hydrogen-bond acceptors (Lipinski definition) is 4. The van der Waals surface area contributed by atoms with Gasteiger partial charge in [0.1, 0.15) is 5.75 Å². The van der Waals surface area contributed by atoms with Gasteiger partial charge >= 0.3 is 0 Å². The summed E-state index contributed by atoms with van der Waals surface area (Å²) < 4.78 is 6.86. The summed E-state index contributed by atoms with van der Waals surface area (Å²) >= 11 is 3.68. The van der Waals surface area contributed by atoms with Crippen molar-refractivity contribution in [2.75, 3.05) is 4.90 Å². The third-order valence-corrected chi connectivity index (χ3v) is 13.0. The van der Waals surface area contributed by atoms with E-state index in [1.807, 2.05) is 48.7 Å². The number of hydrogen-bond donors (Lipinski definition) is 0. The maximum absolute atomic E-state index is 6.86. The van der Waals surface area contributed by atoms with Crippen LogP contribution in [0.1, 0.15) is 64.7 Å². The average Bonchev–Trinajstić information content (AvgIpc) is 3.23. The predicted octanol–water partition coefficient (Wildman–Crippen LogP) is 16.6. The molecule has 286 valence electrons. The highest BCUT2D eigenvalue weighted by atomic mass is 32.2. The number of rotatable bonds is 9. The molecule has 57 heavy (non-hydrogen) atoms. The fourth-order valence-electron chi connectivity index (χ4n) is 7.29. The molecule has 2 nitrogen and oxygen atoms in total. The van der Waals surface area contributed by atoms with Crippen molar-refractivity contribution in [3.05, 3.63) is 193 Å². The summed E-state index contributed by atoms with van der Waals surface area (Å²) in [5, 5.41) is 0. The molecular formula is C53H51NOS2. The first-order valence-corrected chi connectivity index (χ1v) is 21.4. The zero-order valence-electron chi connectivity index (χ0n) is 33.8. The van der Waals surface area contributed by atoms with Crippen LogP contribution in [0.25, 0.3) is 16.7 Å². The van der Waals surface area contributed by atoms with Gasteiger partial charge in [-0.1, -0.05) is 179 Å². The van der Waals surface area contributed by atoms with Crippen LogP contribution in [0, 0.1) is 5.92 Å². The van der Waals surface area contributed by atoms with Gasteiger partial charge in [-0.25, -0.2) is 0 Å². The molecule has 0 saturated carbocycles. The van der Waals surface area contributed by atoms with Crippen molar-refractivity contribution in [3.63, 3.8) is 0 Å². The van der Waals surface area contributed by atoms with Crippen LogP contribution >= 0.6 is 23.5 Å². The second-order valence-corrected chi connectivity index (χ2v) is 17.3. The normalized spacial score (nSPS) is 13.8. The largest absolute Gasteiger partial charge is 0.455 e. The Labute approximate surface area is 348 Å². The first kappa shape index (κ1) is 39.8. The van der Waals surface area contributed by atoms with Gasteiger partial charge in [-0.05, 0) is 97.0 Å². The van der Waals surface area contributed by atoms with Crippen molar-refractivity contribution in [1.29, 1.82) is 0 Å². The lowest BCUT2D eigenvalue weighted by molar-refractivity contribution is 0.419. The van der Waals surface area contributed by atoms with Gasteiger partial charge in [0.25, 0.3) is 0 Å². The third-order valence-electron chi connectivity index (χ3n) is 10.4. The molecule has 0 saturated heterocycles. The van der Waals surface area contributed by atoms with Crippen molar-refractivity contribution in [2.24, 2.45) is 5.92 Å². The fraction of sp³-hybridized carbons (Fsp3) is 0.170. The minimum absolute atomic E-state index is 0.227. The first-order valence-electron chi connectivity index (χ1n) is 19.8. The Bertz CT molecular complexity index is 2450. The summed E-state index contributed by atoms with van der Waals surface area (Å²) in [5.74, 6) is 2.62. The van der Waals surface area contributed by atoms with E-state index < -0.39 is 0 Å². The van der Waals surface area contributed by atoms with Crippen molar-refractivity contribution >= 4 is 46.2 Å². The van der Waals surface area contributed by atoms with Crippen molar-refractivity contribution in [1.82, 2.24) is 0 Å². The zero-order valence-corrected chi connectivity index (χ0v) is 35.5. The molecule has 6 aromatic rings. The highest BCUT2D eigenvalue weighted by molar-refractivity contribution is 8.05. The highest BCUT2D eigenvalue weighted by Gasteiger charge is 2.37. The molecule has 0 aliphatic carbocycles. The van der Waals surface area contributed by atoms with E-state index in [1.165, 1.54) is 42.7 Å². The van der Waals surface area contributed by atoms with E-state index >= 15 is 0 Å². The molecule has 0 aromatic heterocycles. The Morgan fingerprint density at radius 1 is 0.684 bits per heavy atom. The second kappa shape index (κ2) is 17.8. The topological polar surface area (TPSA) is 12.5 Å². The number of benzene rings is 6. The zero-order chi connectivity index (χ0) is 39.9. The summed E-state index contributed by atoms with van der Waals surface area (Å²) in [6, 6.07) is 48.0. The third kappa shape index (κ3) is 8.49. The molecule has 0 N–H and O–H groups in total. The van der Waals surface area contributed by atoms with Crippen LogP contribution in [0.4, 0.5) is 17.1 Å². The molecule has 2 aliphatic rings. The summed E-state index contributed by atoms with van der Waals surface area (Å²) in [5.41, 5.74) is 9.94. The molecule has 0 spiro atoms. The highest BCUT2D eigenvalue weighted by Crippen LogP contribution is 2.57. The number of ether oxygens (including phenoxy) is 1. The lowest BCUT2D eigenvalue weighted by Crippen LogP contribution is -2.25. The van der Waals surface area contributed by atoms with E-state index in [0.29, 0.717) is 0 Å². The van der Waals surface area contributed by atoms with E-state index in [0.717, 1.165) is 51.2 Å². The smallest absolute Gasteiger partial charge is 0.155 e. The van der Waals surface area contributed by atoms with Gasteiger partial charge in [0.2, 0.25) is 0 Å². The van der Waals surface area contributed by atoms with Crippen LogP contribution < -0.4 is 9.64 Å². The number of anilines is 3. The SMILES string of the molecule is C/C=C\CC(C)C.C=C/C(=C\C=C/C)c1ccc(-c2ccc(N(c3cccc4c3Oc3ccccc3C4(C)C)c3cccc4c3Sc3ccccc3S4)cc2)cc1. The fourth-order valence-corrected chi connectivity index (χ4v) is 9.66. The summed E-state index contributed by atoms with van der Waals surface area (Å²) in [6.45, 7) is 17.1. The van der Waals surface area contributed by atoms with Gasteiger partial charge in [-0.15, -0.1) is 0 Å². The molecule has 6 aromatic carbocycles. The predicted molar refractivity (Wildman–Crippen MR) is 247 cm³/mol. The van der Waals surface area contributed by atoms with Gasteiger partial charge < -0.3 is 9.64 Å². The van der Waals surface area contributed by atoms with E-state index in [1.54, 1.807) is 0 Å². The lowest BCUT2D eigenvalue weighted by atomic mass is 9.75. The number of nitrogens with zero attached hydrogens (tertiary/aromatic N) is 1. The quantitative estimate of drug-likeness (QED) is 0.107. The van der Waals surface area contributed by atoms with Crippen LogP contribution in [0.15, 0.2) is 196 Å². The molecular weight excluding hydrogens is 731 g/mol. The first-order chi connectivity index (χ1) is 27.7. The van der Waals surface area contributed by atoms with Gasteiger partial charge in [0.05, 0.1) is 16.3 Å². The maximum atomic E-state index is 6.86. The molecule has 4 heteroatoms. The molecule has 0 amide bonds. The summed E-state index contributed by atoms with van der Waals surface area (Å²) in [6.07, 6.45) is 13.6. The van der Waals surface area contributed by atoms with E-state index in [2.05, 4.69) is 198 Å². The molecule has 0 radical (unpaired) electrons. The minimum Gasteiger partial charge on any atom is -0.455 e. The number of fused-ring (bicyclic) bond motifs is 4. The summed E-state index contributed by atoms with van der Waals surface area (Å²) in [7, 11) is 0. The van der Waals surface area contributed by atoms with Crippen LogP contribution in [-0.2, 0) is 5.41 Å².